The second kappa shape index (κ2) is 10.6. The fourth-order valence-electron chi connectivity index (χ4n) is 2.92. The van der Waals surface area contributed by atoms with Crippen LogP contribution < -0.4 is 10.2 Å². The van der Waals surface area contributed by atoms with Gasteiger partial charge in [0, 0.05) is 51.4 Å². The van der Waals surface area contributed by atoms with Crippen LogP contribution in [-0.2, 0) is 9.53 Å². The molecule has 7 heteroatoms. The lowest BCUT2D eigenvalue weighted by atomic mass is 10.2. The molecule has 0 spiro atoms. The molecule has 2 rings (SSSR count). The normalized spacial score (nSPS) is 15.1. The van der Waals surface area contributed by atoms with Gasteiger partial charge in [-0.15, -0.1) is 0 Å². The lowest BCUT2D eigenvalue weighted by Gasteiger charge is -2.37. The van der Waals surface area contributed by atoms with E-state index in [4.69, 9.17) is 0 Å². The average molecular weight is 364 g/mol. The maximum atomic E-state index is 13.1. The Bertz CT molecular complexity index is 584. The van der Waals surface area contributed by atoms with Crippen molar-refractivity contribution in [1.82, 2.24) is 10.2 Å². The molecule has 6 nitrogen and oxygen atoms in total. The maximum absolute atomic E-state index is 13.1. The number of unbranched alkanes of at least 4 members (excludes halogenated alkanes) is 1. The molecule has 0 bridgehead atoms. The number of guanidine groups is 1. The summed E-state index contributed by atoms with van der Waals surface area (Å²) in [5.41, 5.74) is 1.05. The van der Waals surface area contributed by atoms with Gasteiger partial charge in [-0.25, -0.2) is 4.39 Å². The van der Waals surface area contributed by atoms with Crippen molar-refractivity contribution in [1.29, 1.82) is 0 Å². The Labute approximate surface area is 155 Å². The second-order valence-corrected chi connectivity index (χ2v) is 6.22. The first kappa shape index (κ1) is 20.0. The molecule has 1 aliphatic rings. The number of aliphatic imine (C=N–C) groups is 1. The maximum Gasteiger partial charge on any atom is 0.305 e. The Morgan fingerprint density at radius 2 is 1.88 bits per heavy atom. The summed E-state index contributed by atoms with van der Waals surface area (Å²) in [5, 5.41) is 3.34. The summed E-state index contributed by atoms with van der Waals surface area (Å²) in [5.74, 6) is 0.545. The molecule has 1 aromatic carbocycles. The molecule has 26 heavy (non-hydrogen) atoms. The Morgan fingerprint density at radius 1 is 1.19 bits per heavy atom. The molecule has 0 atom stereocenters. The van der Waals surface area contributed by atoms with Crippen molar-refractivity contribution in [3.05, 3.63) is 30.1 Å². The summed E-state index contributed by atoms with van der Waals surface area (Å²) in [6.07, 6.45) is 2.09. The summed E-state index contributed by atoms with van der Waals surface area (Å²) in [7, 11) is 1.41. The molecule has 1 fully saturated rings. The van der Waals surface area contributed by atoms with Gasteiger partial charge in [-0.05, 0) is 44.0 Å². The number of halogens is 1. The Balaban J connectivity index is 1.81. The summed E-state index contributed by atoms with van der Waals surface area (Å²) in [6, 6.07) is 6.65. The van der Waals surface area contributed by atoms with Gasteiger partial charge in [0.25, 0.3) is 0 Å². The summed E-state index contributed by atoms with van der Waals surface area (Å²) in [4.78, 5) is 20.3. The molecule has 1 saturated heterocycles. The van der Waals surface area contributed by atoms with E-state index < -0.39 is 0 Å². The standard InChI is InChI=1S/C19H29FN4O2/c1-3-21-19(22-11-5-4-6-18(25)26-2)24-14-12-23(13-15-24)17-9-7-16(20)8-10-17/h7-10H,3-6,11-15H2,1-2H3,(H,21,22). The molecule has 1 aromatic rings. The van der Waals surface area contributed by atoms with Gasteiger partial charge in [0.05, 0.1) is 7.11 Å². The fourth-order valence-corrected chi connectivity index (χ4v) is 2.92. The number of methoxy groups -OCH3 is 1. The van der Waals surface area contributed by atoms with Crippen LogP contribution in [0.15, 0.2) is 29.3 Å². The van der Waals surface area contributed by atoms with Crippen LogP contribution in [0.2, 0.25) is 0 Å². The highest BCUT2D eigenvalue weighted by Gasteiger charge is 2.19. The number of hydrogen-bond acceptors (Lipinski definition) is 4. The molecule has 0 saturated carbocycles. The van der Waals surface area contributed by atoms with E-state index >= 15 is 0 Å². The van der Waals surface area contributed by atoms with E-state index in [9.17, 15) is 9.18 Å². The molecule has 1 aliphatic heterocycles. The van der Waals surface area contributed by atoms with Crippen LogP contribution >= 0.6 is 0 Å². The first-order valence-electron chi connectivity index (χ1n) is 9.24. The largest absolute Gasteiger partial charge is 0.469 e. The number of benzene rings is 1. The van der Waals surface area contributed by atoms with Crippen LogP contribution in [0.1, 0.15) is 26.2 Å². The van der Waals surface area contributed by atoms with Crippen LogP contribution in [0.3, 0.4) is 0 Å². The van der Waals surface area contributed by atoms with Gasteiger partial charge in [0.2, 0.25) is 0 Å². The van der Waals surface area contributed by atoms with Crippen LogP contribution in [0.25, 0.3) is 0 Å². The average Bonchev–Trinajstić information content (AvgIpc) is 2.67. The highest BCUT2D eigenvalue weighted by Crippen LogP contribution is 2.17. The van der Waals surface area contributed by atoms with Gasteiger partial charge in [-0.1, -0.05) is 0 Å². The minimum atomic E-state index is -0.207. The molecular formula is C19H29FN4O2. The number of nitrogens with one attached hydrogen (secondary N) is 1. The van der Waals surface area contributed by atoms with Crippen LogP contribution in [0.5, 0.6) is 0 Å². The van der Waals surface area contributed by atoms with Crippen LogP contribution in [0.4, 0.5) is 10.1 Å². The van der Waals surface area contributed by atoms with E-state index in [1.54, 1.807) is 0 Å². The third-order valence-electron chi connectivity index (χ3n) is 4.38. The second-order valence-electron chi connectivity index (χ2n) is 6.22. The number of anilines is 1. The van der Waals surface area contributed by atoms with Crippen molar-refractivity contribution >= 4 is 17.6 Å². The number of ether oxygens (including phenoxy) is 1. The Morgan fingerprint density at radius 3 is 2.50 bits per heavy atom. The molecule has 0 aliphatic carbocycles. The predicted octanol–water partition coefficient (Wildman–Crippen LogP) is 2.26. The predicted molar refractivity (Wildman–Crippen MR) is 102 cm³/mol. The summed E-state index contributed by atoms with van der Waals surface area (Å²) < 4.78 is 17.7. The number of hydrogen-bond donors (Lipinski definition) is 1. The number of nitrogens with zero attached hydrogens (tertiary/aromatic N) is 3. The zero-order valence-corrected chi connectivity index (χ0v) is 15.7. The molecular weight excluding hydrogens is 335 g/mol. The molecule has 144 valence electrons. The number of piperazine rings is 1. The van der Waals surface area contributed by atoms with Gasteiger partial charge < -0.3 is 19.9 Å². The van der Waals surface area contributed by atoms with E-state index in [-0.39, 0.29) is 11.8 Å². The number of carbonyl (C=O) groups excluding carboxylic acids is 1. The zero-order chi connectivity index (χ0) is 18.8. The zero-order valence-electron chi connectivity index (χ0n) is 15.7. The van der Waals surface area contributed by atoms with Gasteiger partial charge in [-0.2, -0.15) is 0 Å². The Hall–Kier alpha value is -2.31. The van der Waals surface area contributed by atoms with E-state index in [1.165, 1.54) is 19.2 Å². The van der Waals surface area contributed by atoms with Crippen molar-refractivity contribution in [2.75, 3.05) is 51.3 Å². The van der Waals surface area contributed by atoms with Gasteiger partial charge in [0.1, 0.15) is 5.82 Å². The fraction of sp³-hybridized carbons (Fsp3) is 0.579. The number of carbonyl (C=O) groups is 1. The molecule has 0 aromatic heterocycles. The van der Waals surface area contributed by atoms with Crippen molar-refractivity contribution in [3.8, 4) is 0 Å². The van der Waals surface area contributed by atoms with Crippen molar-refractivity contribution in [2.45, 2.75) is 26.2 Å². The lowest BCUT2D eigenvalue weighted by molar-refractivity contribution is -0.140. The van der Waals surface area contributed by atoms with E-state index in [0.29, 0.717) is 13.0 Å². The van der Waals surface area contributed by atoms with E-state index in [2.05, 4.69) is 31.8 Å². The lowest BCUT2D eigenvalue weighted by Crippen LogP contribution is -2.52. The van der Waals surface area contributed by atoms with E-state index in [1.807, 2.05) is 12.1 Å². The third kappa shape index (κ3) is 6.20. The monoisotopic (exact) mass is 364 g/mol. The van der Waals surface area contributed by atoms with Gasteiger partial charge in [0.15, 0.2) is 5.96 Å². The van der Waals surface area contributed by atoms with Crippen LogP contribution in [0, 0.1) is 5.82 Å². The van der Waals surface area contributed by atoms with Gasteiger partial charge in [-0.3, -0.25) is 9.79 Å². The van der Waals surface area contributed by atoms with Crippen molar-refractivity contribution in [2.24, 2.45) is 4.99 Å². The highest BCUT2D eigenvalue weighted by atomic mass is 19.1. The molecule has 0 radical (unpaired) electrons. The minimum absolute atomic E-state index is 0.169. The first-order chi connectivity index (χ1) is 12.6. The molecule has 0 unspecified atom stereocenters. The number of rotatable bonds is 7. The van der Waals surface area contributed by atoms with E-state index in [0.717, 1.165) is 57.2 Å². The van der Waals surface area contributed by atoms with Crippen molar-refractivity contribution < 1.29 is 13.9 Å². The SMILES string of the molecule is CCNC(=NCCCCC(=O)OC)N1CCN(c2ccc(F)cc2)CC1. The topological polar surface area (TPSA) is 57.2 Å². The smallest absolute Gasteiger partial charge is 0.305 e. The van der Waals surface area contributed by atoms with Gasteiger partial charge >= 0.3 is 5.97 Å². The molecule has 1 N–H and O–H groups in total. The van der Waals surface area contributed by atoms with Crippen molar-refractivity contribution in [3.63, 3.8) is 0 Å². The summed E-state index contributed by atoms with van der Waals surface area (Å²) >= 11 is 0. The summed E-state index contributed by atoms with van der Waals surface area (Å²) in [6.45, 7) is 7.05. The minimum Gasteiger partial charge on any atom is -0.469 e. The first-order valence-corrected chi connectivity index (χ1v) is 9.24. The van der Waals surface area contributed by atoms with Crippen LogP contribution in [-0.4, -0.2) is 63.2 Å². The molecule has 1 heterocycles. The molecule has 0 amide bonds. The Kier molecular flexibility index (Phi) is 8.18. The highest BCUT2D eigenvalue weighted by molar-refractivity contribution is 5.80. The third-order valence-corrected chi connectivity index (χ3v) is 4.38. The quantitative estimate of drug-likeness (QED) is 0.348. The number of esters is 1.